The first-order valence-electron chi connectivity index (χ1n) is 6.81. The average Bonchev–Trinajstić information content (AvgIpc) is 2.38. The molecule has 100 valence electrons. The van der Waals surface area contributed by atoms with Gasteiger partial charge in [0.05, 0.1) is 0 Å². The molecule has 4 nitrogen and oxygen atoms in total. The highest BCUT2D eigenvalue weighted by Crippen LogP contribution is 2.16. The Kier molecular flexibility index (Phi) is 6.27. The molecule has 1 saturated heterocycles. The summed E-state index contributed by atoms with van der Waals surface area (Å²) in [6.07, 6.45) is 5.97. The molecule has 0 aromatic heterocycles. The zero-order valence-electron chi connectivity index (χ0n) is 11.4. The lowest BCUT2D eigenvalue weighted by molar-refractivity contribution is -0.117. The van der Waals surface area contributed by atoms with E-state index in [0.29, 0.717) is 6.54 Å². The summed E-state index contributed by atoms with van der Waals surface area (Å²) in [6.45, 7) is 6.83. The zero-order chi connectivity index (χ0) is 13.4. The van der Waals surface area contributed by atoms with Gasteiger partial charge in [0.25, 0.3) is 5.91 Å². The Hall–Kier alpha value is -1.50. The summed E-state index contributed by atoms with van der Waals surface area (Å²) >= 11 is 0. The maximum atomic E-state index is 11.8. The van der Waals surface area contributed by atoms with Gasteiger partial charge in [0.1, 0.15) is 11.6 Å². The third-order valence-electron chi connectivity index (χ3n) is 3.31. The molecule has 1 aliphatic heterocycles. The van der Waals surface area contributed by atoms with Crippen molar-refractivity contribution < 1.29 is 4.79 Å². The van der Waals surface area contributed by atoms with Gasteiger partial charge in [0, 0.05) is 25.8 Å². The average molecular weight is 249 g/mol. The van der Waals surface area contributed by atoms with E-state index in [1.807, 2.05) is 6.07 Å². The molecule has 1 fully saturated rings. The SMILES string of the molecule is CCCCNC(=O)/C(C#N)=C\N1CCC(C)CC1. The number of nitrogens with one attached hydrogen (secondary N) is 1. The van der Waals surface area contributed by atoms with E-state index < -0.39 is 0 Å². The minimum atomic E-state index is -0.246. The Bertz CT molecular complexity index is 335. The van der Waals surface area contributed by atoms with Crippen LogP contribution in [0.15, 0.2) is 11.8 Å². The summed E-state index contributed by atoms with van der Waals surface area (Å²) in [6, 6.07) is 1.99. The number of likely N-dealkylation sites (tertiary alicyclic amines) is 1. The van der Waals surface area contributed by atoms with Crippen LogP contribution in [0.1, 0.15) is 39.5 Å². The van der Waals surface area contributed by atoms with E-state index in [0.717, 1.165) is 44.7 Å². The topological polar surface area (TPSA) is 56.1 Å². The molecule has 0 unspecified atom stereocenters. The van der Waals surface area contributed by atoms with E-state index in [9.17, 15) is 4.79 Å². The van der Waals surface area contributed by atoms with Gasteiger partial charge < -0.3 is 10.2 Å². The molecule has 1 heterocycles. The van der Waals surface area contributed by atoms with Gasteiger partial charge >= 0.3 is 0 Å². The quantitative estimate of drug-likeness (QED) is 0.461. The number of amides is 1. The molecule has 1 aliphatic rings. The van der Waals surface area contributed by atoms with Crippen molar-refractivity contribution in [2.75, 3.05) is 19.6 Å². The van der Waals surface area contributed by atoms with Crippen molar-refractivity contribution in [1.29, 1.82) is 5.26 Å². The fourth-order valence-corrected chi connectivity index (χ4v) is 1.95. The molecular formula is C14H23N3O. The molecule has 0 saturated carbocycles. The third kappa shape index (κ3) is 4.79. The van der Waals surface area contributed by atoms with E-state index in [4.69, 9.17) is 5.26 Å². The fraction of sp³-hybridized carbons (Fsp3) is 0.714. The van der Waals surface area contributed by atoms with Gasteiger partial charge in [-0.1, -0.05) is 20.3 Å². The van der Waals surface area contributed by atoms with Crippen LogP contribution in [0.25, 0.3) is 0 Å². The number of nitriles is 1. The van der Waals surface area contributed by atoms with Crippen molar-refractivity contribution in [2.45, 2.75) is 39.5 Å². The number of carbonyl (C=O) groups excluding carboxylic acids is 1. The van der Waals surface area contributed by atoms with Gasteiger partial charge in [-0.25, -0.2) is 0 Å². The number of hydrogen-bond donors (Lipinski definition) is 1. The molecule has 1 N–H and O–H groups in total. The van der Waals surface area contributed by atoms with Gasteiger partial charge in [-0.15, -0.1) is 0 Å². The monoisotopic (exact) mass is 249 g/mol. The van der Waals surface area contributed by atoms with Crippen LogP contribution in [0.5, 0.6) is 0 Å². The van der Waals surface area contributed by atoms with Crippen LogP contribution < -0.4 is 5.32 Å². The minimum absolute atomic E-state index is 0.223. The first kappa shape index (κ1) is 14.6. The maximum absolute atomic E-state index is 11.8. The lowest BCUT2D eigenvalue weighted by Gasteiger charge is -2.29. The molecule has 18 heavy (non-hydrogen) atoms. The Balaban J connectivity index is 2.49. The summed E-state index contributed by atoms with van der Waals surface area (Å²) in [4.78, 5) is 13.8. The highest BCUT2D eigenvalue weighted by atomic mass is 16.1. The number of piperidine rings is 1. The van der Waals surface area contributed by atoms with Crippen LogP contribution in [0, 0.1) is 17.2 Å². The second-order valence-corrected chi connectivity index (χ2v) is 4.98. The molecule has 0 aromatic rings. The summed E-state index contributed by atoms with van der Waals surface area (Å²) in [5.74, 6) is 0.503. The van der Waals surface area contributed by atoms with Crippen molar-refractivity contribution in [2.24, 2.45) is 5.92 Å². The molecule has 0 atom stereocenters. The highest BCUT2D eigenvalue weighted by Gasteiger charge is 2.15. The Labute approximate surface area is 110 Å². The highest BCUT2D eigenvalue weighted by molar-refractivity contribution is 5.97. The summed E-state index contributed by atoms with van der Waals surface area (Å²) < 4.78 is 0. The Morgan fingerprint density at radius 1 is 1.50 bits per heavy atom. The number of carbonyl (C=O) groups is 1. The van der Waals surface area contributed by atoms with E-state index in [-0.39, 0.29) is 11.5 Å². The zero-order valence-corrected chi connectivity index (χ0v) is 11.4. The molecule has 0 aliphatic carbocycles. The predicted octanol–water partition coefficient (Wildman–Crippen LogP) is 2.04. The van der Waals surface area contributed by atoms with E-state index in [2.05, 4.69) is 24.1 Å². The van der Waals surface area contributed by atoms with Crippen LogP contribution in [-0.4, -0.2) is 30.4 Å². The molecular weight excluding hydrogens is 226 g/mol. The number of rotatable bonds is 5. The Morgan fingerprint density at radius 2 is 2.17 bits per heavy atom. The molecule has 0 bridgehead atoms. The Morgan fingerprint density at radius 3 is 2.72 bits per heavy atom. The lowest BCUT2D eigenvalue weighted by atomic mass is 9.99. The van der Waals surface area contributed by atoms with Gasteiger partial charge in [-0.2, -0.15) is 5.26 Å². The van der Waals surface area contributed by atoms with Gasteiger partial charge in [0.2, 0.25) is 0 Å². The fourth-order valence-electron chi connectivity index (χ4n) is 1.95. The standard InChI is InChI=1S/C14H23N3O/c1-3-4-7-16-14(18)13(10-15)11-17-8-5-12(2)6-9-17/h11-12H,3-9H2,1-2H3,(H,16,18)/b13-11-. The molecule has 1 rings (SSSR count). The van der Waals surface area contributed by atoms with Crippen LogP contribution in [0.2, 0.25) is 0 Å². The number of nitrogens with zero attached hydrogens (tertiary/aromatic N) is 2. The smallest absolute Gasteiger partial charge is 0.263 e. The lowest BCUT2D eigenvalue weighted by Crippen LogP contribution is -2.31. The minimum Gasteiger partial charge on any atom is -0.376 e. The molecule has 1 amide bonds. The summed E-state index contributed by atoms with van der Waals surface area (Å²) in [7, 11) is 0. The normalized spacial score (nSPS) is 17.4. The van der Waals surface area contributed by atoms with E-state index >= 15 is 0 Å². The van der Waals surface area contributed by atoms with Crippen LogP contribution in [0.4, 0.5) is 0 Å². The van der Waals surface area contributed by atoms with E-state index in [1.165, 1.54) is 0 Å². The first-order valence-corrected chi connectivity index (χ1v) is 6.81. The summed E-state index contributed by atoms with van der Waals surface area (Å²) in [5, 5.41) is 11.8. The largest absolute Gasteiger partial charge is 0.376 e. The predicted molar refractivity (Wildman–Crippen MR) is 71.6 cm³/mol. The second-order valence-electron chi connectivity index (χ2n) is 4.98. The van der Waals surface area contributed by atoms with Crippen LogP contribution in [-0.2, 0) is 4.79 Å². The van der Waals surface area contributed by atoms with E-state index in [1.54, 1.807) is 6.20 Å². The molecule has 0 aromatic carbocycles. The molecule has 4 heteroatoms. The number of hydrogen-bond acceptors (Lipinski definition) is 3. The summed E-state index contributed by atoms with van der Waals surface area (Å²) in [5.41, 5.74) is 0.223. The van der Waals surface area contributed by atoms with Crippen molar-refractivity contribution >= 4 is 5.91 Å². The van der Waals surface area contributed by atoms with Gasteiger partial charge in [-0.3, -0.25) is 4.79 Å². The van der Waals surface area contributed by atoms with Crippen LogP contribution in [0.3, 0.4) is 0 Å². The van der Waals surface area contributed by atoms with Crippen molar-refractivity contribution in [1.82, 2.24) is 10.2 Å². The molecule has 0 spiro atoms. The first-order chi connectivity index (χ1) is 8.67. The maximum Gasteiger partial charge on any atom is 0.263 e. The van der Waals surface area contributed by atoms with Crippen molar-refractivity contribution in [3.63, 3.8) is 0 Å². The second kappa shape index (κ2) is 7.75. The van der Waals surface area contributed by atoms with Gasteiger partial charge in [0.15, 0.2) is 0 Å². The third-order valence-corrected chi connectivity index (χ3v) is 3.31. The van der Waals surface area contributed by atoms with Crippen molar-refractivity contribution in [3.05, 3.63) is 11.8 Å². The van der Waals surface area contributed by atoms with Crippen LogP contribution >= 0.6 is 0 Å². The molecule has 0 radical (unpaired) electrons. The number of unbranched alkanes of at least 4 members (excludes halogenated alkanes) is 1. The van der Waals surface area contributed by atoms with Crippen molar-refractivity contribution in [3.8, 4) is 6.07 Å². The van der Waals surface area contributed by atoms with Gasteiger partial charge in [-0.05, 0) is 25.2 Å².